The minimum Gasteiger partial charge on any atom is -0.478 e. The number of sulfonamides is 1. The predicted octanol–water partition coefficient (Wildman–Crippen LogP) is 2.37. The van der Waals surface area contributed by atoms with Crippen LogP contribution in [0.25, 0.3) is 0 Å². The lowest BCUT2D eigenvalue weighted by Gasteiger charge is -2.19. The fraction of sp³-hybridized carbons (Fsp3) is 0.250. The van der Waals surface area contributed by atoms with Crippen LogP contribution >= 0.6 is 11.6 Å². The Hall–Kier alpha value is -1.44. The van der Waals surface area contributed by atoms with E-state index in [4.69, 9.17) is 16.7 Å². The van der Waals surface area contributed by atoms with Crippen molar-refractivity contribution >= 4 is 27.6 Å². The largest absolute Gasteiger partial charge is 0.478 e. The lowest BCUT2D eigenvalue weighted by Crippen LogP contribution is -2.31. The lowest BCUT2D eigenvalue weighted by molar-refractivity contribution is 0.0696. The highest BCUT2D eigenvalue weighted by atomic mass is 35.5. The van der Waals surface area contributed by atoms with Crippen molar-refractivity contribution in [2.45, 2.75) is 11.8 Å². The first-order valence-electron chi connectivity index (χ1n) is 5.59. The van der Waals surface area contributed by atoms with Gasteiger partial charge < -0.3 is 5.11 Å². The van der Waals surface area contributed by atoms with E-state index < -0.39 is 37.3 Å². The Morgan fingerprint density at radius 1 is 1.55 bits per heavy atom. The summed E-state index contributed by atoms with van der Waals surface area (Å²) in [6.07, 6.45) is 1.38. The monoisotopic (exact) mass is 321 g/mol. The molecule has 0 aliphatic carbocycles. The molecule has 0 aromatic heterocycles. The Kier molecular flexibility index (Phi) is 5.27. The zero-order chi connectivity index (χ0) is 15.5. The lowest BCUT2D eigenvalue weighted by atomic mass is 10.2. The van der Waals surface area contributed by atoms with E-state index in [2.05, 4.69) is 6.58 Å². The molecule has 110 valence electrons. The fourth-order valence-corrected chi connectivity index (χ4v) is 3.21. The molecule has 1 aromatic rings. The first-order chi connectivity index (χ1) is 9.25. The van der Waals surface area contributed by atoms with Crippen molar-refractivity contribution < 1.29 is 22.7 Å². The molecule has 0 heterocycles. The Balaban J connectivity index is 3.46. The van der Waals surface area contributed by atoms with Gasteiger partial charge in [0.05, 0.1) is 15.5 Å². The van der Waals surface area contributed by atoms with Gasteiger partial charge in [0.2, 0.25) is 10.0 Å². The predicted molar refractivity (Wildman–Crippen MR) is 73.0 cm³/mol. The molecule has 0 amide bonds. The third-order valence-electron chi connectivity index (χ3n) is 2.56. The molecule has 0 aliphatic heterocycles. The molecule has 1 rings (SSSR count). The molecular weight excluding hydrogens is 309 g/mol. The Morgan fingerprint density at radius 2 is 2.15 bits per heavy atom. The van der Waals surface area contributed by atoms with Crippen molar-refractivity contribution in [1.82, 2.24) is 4.31 Å². The van der Waals surface area contributed by atoms with Gasteiger partial charge in [0.25, 0.3) is 0 Å². The van der Waals surface area contributed by atoms with Crippen molar-refractivity contribution in [3.8, 4) is 0 Å². The van der Waals surface area contributed by atoms with E-state index in [1.807, 2.05) is 0 Å². The van der Waals surface area contributed by atoms with Gasteiger partial charge in [0, 0.05) is 13.1 Å². The average molecular weight is 322 g/mol. The van der Waals surface area contributed by atoms with E-state index in [-0.39, 0.29) is 13.1 Å². The molecule has 0 atom stereocenters. The Bertz CT molecular complexity index is 645. The number of carboxylic acid groups (broad SMARTS) is 1. The molecular formula is C12H13ClFNO4S. The molecule has 0 radical (unpaired) electrons. The van der Waals surface area contributed by atoms with Crippen LogP contribution in [-0.4, -0.2) is 36.9 Å². The number of rotatable bonds is 6. The van der Waals surface area contributed by atoms with E-state index in [0.29, 0.717) is 6.07 Å². The molecule has 0 spiro atoms. The molecule has 0 bridgehead atoms. The minimum atomic E-state index is -4.01. The highest BCUT2D eigenvalue weighted by Crippen LogP contribution is 2.26. The number of nitrogens with zero attached hydrogens (tertiary/aromatic N) is 1. The molecule has 20 heavy (non-hydrogen) atoms. The Morgan fingerprint density at radius 3 is 2.60 bits per heavy atom. The van der Waals surface area contributed by atoms with Gasteiger partial charge >= 0.3 is 5.97 Å². The first kappa shape index (κ1) is 16.6. The van der Waals surface area contributed by atoms with Crippen LogP contribution in [0, 0.1) is 5.82 Å². The van der Waals surface area contributed by atoms with Crippen LogP contribution in [0.1, 0.15) is 17.3 Å². The molecule has 0 saturated carbocycles. The van der Waals surface area contributed by atoms with Gasteiger partial charge in [-0.2, -0.15) is 4.31 Å². The van der Waals surface area contributed by atoms with Gasteiger partial charge in [-0.05, 0) is 12.1 Å². The van der Waals surface area contributed by atoms with E-state index in [9.17, 15) is 17.6 Å². The summed E-state index contributed by atoms with van der Waals surface area (Å²) in [6, 6.07) is 1.55. The molecule has 1 aromatic carbocycles. The van der Waals surface area contributed by atoms with Crippen molar-refractivity contribution in [3.05, 3.63) is 41.2 Å². The normalized spacial score (nSPS) is 11.6. The van der Waals surface area contributed by atoms with Crippen molar-refractivity contribution in [2.24, 2.45) is 0 Å². The van der Waals surface area contributed by atoms with Gasteiger partial charge in [-0.15, -0.1) is 6.58 Å². The van der Waals surface area contributed by atoms with Crippen molar-refractivity contribution in [2.75, 3.05) is 13.1 Å². The summed E-state index contributed by atoms with van der Waals surface area (Å²) >= 11 is 5.50. The van der Waals surface area contributed by atoms with Crippen LogP contribution in [0.3, 0.4) is 0 Å². The van der Waals surface area contributed by atoms with Crippen molar-refractivity contribution in [3.63, 3.8) is 0 Å². The molecule has 0 fully saturated rings. The number of benzene rings is 1. The second-order valence-corrected chi connectivity index (χ2v) is 6.13. The maximum atomic E-state index is 13.6. The molecule has 8 heteroatoms. The summed E-state index contributed by atoms with van der Waals surface area (Å²) in [5.41, 5.74) is -0.597. The van der Waals surface area contributed by atoms with Crippen LogP contribution in [0.15, 0.2) is 29.7 Å². The summed E-state index contributed by atoms with van der Waals surface area (Å²) in [5.74, 6) is -2.60. The zero-order valence-corrected chi connectivity index (χ0v) is 12.2. The average Bonchev–Trinajstić information content (AvgIpc) is 2.38. The van der Waals surface area contributed by atoms with E-state index in [1.54, 1.807) is 6.92 Å². The minimum absolute atomic E-state index is 0.0332. The van der Waals surface area contributed by atoms with Gasteiger partial charge in [0.15, 0.2) is 0 Å². The SMILES string of the molecule is C=CCN(CC)S(=O)(=O)c1cc(F)c(Cl)c(C(=O)O)c1. The van der Waals surface area contributed by atoms with Crippen LogP contribution in [-0.2, 0) is 10.0 Å². The molecule has 0 saturated heterocycles. The molecule has 1 N–H and O–H groups in total. The van der Waals surface area contributed by atoms with Crippen LogP contribution in [0.4, 0.5) is 4.39 Å². The summed E-state index contributed by atoms with van der Waals surface area (Å²) in [6.45, 7) is 5.21. The topological polar surface area (TPSA) is 74.7 Å². The molecule has 0 unspecified atom stereocenters. The number of hydrogen-bond donors (Lipinski definition) is 1. The summed E-state index contributed by atoms with van der Waals surface area (Å²) in [4.78, 5) is 10.5. The number of likely N-dealkylation sites (N-methyl/N-ethyl adjacent to an activating group) is 1. The number of hydrogen-bond acceptors (Lipinski definition) is 3. The Labute approximate surface area is 121 Å². The first-order valence-corrected chi connectivity index (χ1v) is 7.40. The van der Waals surface area contributed by atoms with Crippen LogP contribution in [0.2, 0.25) is 5.02 Å². The number of halogens is 2. The van der Waals surface area contributed by atoms with Gasteiger partial charge in [-0.3, -0.25) is 0 Å². The van der Waals surface area contributed by atoms with E-state index >= 15 is 0 Å². The van der Waals surface area contributed by atoms with Crippen LogP contribution < -0.4 is 0 Å². The molecule has 5 nitrogen and oxygen atoms in total. The van der Waals surface area contributed by atoms with Gasteiger partial charge in [0.1, 0.15) is 5.82 Å². The maximum Gasteiger partial charge on any atom is 0.337 e. The fourth-order valence-electron chi connectivity index (χ4n) is 1.56. The second-order valence-electron chi connectivity index (χ2n) is 3.82. The van der Waals surface area contributed by atoms with Crippen molar-refractivity contribution in [1.29, 1.82) is 0 Å². The quantitative estimate of drug-likeness (QED) is 0.816. The van der Waals surface area contributed by atoms with Crippen LogP contribution in [0.5, 0.6) is 0 Å². The highest BCUT2D eigenvalue weighted by molar-refractivity contribution is 7.89. The van der Waals surface area contributed by atoms with Gasteiger partial charge in [-0.1, -0.05) is 24.6 Å². The smallest absolute Gasteiger partial charge is 0.337 e. The molecule has 0 aliphatic rings. The maximum absolute atomic E-state index is 13.6. The third-order valence-corrected chi connectivity index (χ3v) is 4.86. The highest BCUT2D eigenvalue weighted by Gasteiger charge is 2.26. The number of aromatic carboxylic acids is 1. The number of carbonyl (C=O) groups is 1. The second kappa shape index (κ2) is 6.34. The van der Waals surface area contributed by atoms with E-state index in [1.165, 1.54) is 6.08 Å². The third kappa shape index (κ3) is 3.17. The summed E-state index contributed by atoms with van der Waals surface area (Å²) < 4.78 is 39.2. The summed E-state index contributed by atoms with van der Waals surface area (Å²) in [5, 5.41) is 8.28. The van der Waals surface area contributed by atoms with E-state index in [0.717, 1.165) is 10.4 Å². The summed E-state index contributed by atoms with van der Waals surface area (Å²) in [7, 11) is -4.01. The van der Waals surface area contributed by atoms with Gasteiger partial charge in [-0.25, -0.2) is 17.6 Å². The number of carboxylic acids is 1. The zero-order valence-electron chi connectivity index (χ0n) is 10.6. The standard InChI is InChI=1S/C12H13ClFNO4S/c1-3-5-15(4-2)20(18,19)8-6-9(12(16)17)11(13)10(14)7-8/h3,6-7H,1,4-5H2,2H3,(H,16,17).